The van der Waals surface area contributed by atoms with Crippen molar-refractivity contribution in [1.82, 2.24) is 10.3 Å². The van der Waals surface area contributed by atoms with Gasteiger partial charge in [0.25, 0.3) is 0 Å². The lowest BCUT2D eigenvalue weighted by Crippen LogP contribution is -2.38. The Kier molecular flexibility index (Phi) is 5.60. The van der Waals surface area contributed by atoms with Gasteiger partial charge in [-0.05, 0) is 41.5 Å². The first-order valence-electron chi connectivity index (χ1n) is 9.53. The van der Waals surface area contributed by atoms with Crippen LogP contribution >= 0.6 is 0 Å². The van der Waals surface area contributed by atoms with Crippen molar-refractivity contribution in [1.29, 1.82) is 0 Å². The smallest absolute Gasteiger partial charge is 0.243 e. The van der Waals surface area contributed by atoms with Crippen molar-refractivity contribution < 1.29 is 22.3 Å². The van der Waals surface area contributed by atoms with Gasteiger partial charge >= 0.3 is 0 Å². The van der Waals surface area contributed by atoms with Crippen molar-refractivity contribution in [2.45, 2.75) is 28.8 Å². The standard InChI is InChI=1S/C22H20FN3O4S/c1-30-16-4-7-18(23)21(11-16)31(28,29)17-5-2-14(3-6-17)12-25-22(27)20-10-15-13-24-9-8-19(15)26-20/h2-9,11,13,20,26H,10,12H2,1H3,(H,25,27). The lowest BCUT2D eigenvalue weighted by Gasteiger charge is -2.12. The van der Waals surface area contributed by atoms with Gasteiger partial charge in [-0.2, -0.15) is 0 Å². The van der Waals surface area contributed by atoms with Gasteiger partial charge in [-0.3, -0.25) is 9.78 Å². The summed E-state index contributed by atoms with van der Waals surface area (Å²) in [7, 11) is -2.67. The third-order valence-corrected chi connectivity index (χ3v) is 6.89. The predicted molar refractivity (Wildman–Crippen MR) is 112 cm³/mol. The molecule has 0 spiro atoms. The SMILES string of the molecule is COc1ccc(F)c(S(=O)(=O)c2ccc(CNC(=O)C3Cc4cnccc4N3)cc2)c1. The number of methoxy groups -OCH3 is 1. The number of amides is 1. The van der Waals surface area contributed by atoms with Crippen LogP contribution < -0.4 is 15.4 Å². The fourth-order valence-electron chi connectivity index (χ4n) is 3.39. The average molecular weight is 441 g/mol. The minimum Gasteiger partial charge on any atom is -0.497 e. The van der Waals surface area contributed by atoms with Crippen LogP contribution in [0.5, 0.6) is 5.75 Å². The van der Waals surface area contributed by atoms with Crippen molar-refractivity contribution in [2.75, 3.05) is 12.4 Å². The van der Waals surface area contributed by atoms with E-state index in [1.54, 1.807) is 24.5 Å². The van der Waals surface area contributed by atoms with Crippen LogP contribution in [0.1, 0.15) is 11.1 Å². The van der Waals surface area contributed by atoms with Gasteiger partial charge in [0.2, 0.25) is 15.7 Å². The van der Waals surface area contributed by atoms with Crippen LogP contribution in [0.4, 0.5) is 10.1 Å². The van der Waals surface area contributed by atoms with E-state index in [9.17, 15) is 17.6 Å². The summed E-state index contributed by atoms with van der Waals surface area (Å²) < 4.78 is 44.7. The van der Waals surface area contributed by atoms with E-state index in [1.165, 1.54) is 25.3 Å². The van der Waals surface area contributed by atoms with Crippen LogP contribution in [0.25, 0.3) is 0 Å². The number of benzene rings is 2. The highest BCUT2D eigenvalue weighted by Crippen LogP contribution is 2.27. The largest absolute Gasteiger partial charge is 0.497 e. The van der Waals surface area contributed by atoms with Gasteiger partial charge < -0.3 is 15.4 Å². The number of carbonyl (C=O) groups is 1. The Balaban J connectivity index is 1.42. The number of rotatable bonds is 6. The van der Waals surface area contributed by atoms with E-state index in [4.69, 9.17) is 4.74 Å². The summed E-state index contributed by atoms with van der Waals surface area (Å²) >= 11 is 0. The van der Waals surface area contributed by atoms with Crippen LogP contribution in [0.2, 0.25) is 0 Å². The van der Waals surface area contributed by atoms with E-state index in [1.807, 2.05) is 6.07 Å². The molecule has 0 fully saturated rings. The summed E-state index contributed by atoms with van der Waals surface area (Å²) in [5.41, 5.74) is 2.60. The molecule has 1 aliphatic heterocycles. The fraction of sp³-hybridized carbons (Fsp3) is 0.182. The zero-order valence-corrected chi connectivity index (χ0v) is 17.4. The molecule has 2 N–H and O–H groups in total. The fourth-order valence-corrected chi connectivity index (χ4v) is 4.73. The second-order valence-corrected chi connectivity index (χ2v) is 9.01. The lowest BCUT2D eigenvalue weighted by atomic mass is 10.1. The van der Waals surface area contributed by atoms with Crippen molar-refractivity contribution >= 4 is 21.4 Å². The Labute approximate surface area is 179 Å². The maximum atomic E-state index is 14.1. The predicted octanol–water partition coefficient (Wildman–Crippen LogP) is 2.72. The number of carbonyl (C=O) groups excluding carboxylic acids is 1. The van der Waals surface area contributed by atoms with Gasteiger partial charge in [0.05, 0.1) is 12.0 Å². The number of aromatic nitrogens is 1. The molecule has 3 aromatic rings. The number of halogens is 1. The maximum Gasteiger partial charge on any atom is 0.243 e. The number of fused-ring (bicyclic) bond motifs is 1. The number of hydrogen-bond donors (Lipinski definition) is 2. The number of ether oxygens (including phenoxy) is 1. The zero-order valence-electron chi connectivity index (χ0n) is 16.6. The van der Waals surface area contributed by atoms with E-state index in [0.717, 1.165) is 28.9 Å². The summed E-state index contributed by atoms with van der Waals surface area (Å²) in [4.78, 5) is 16.0. The van der Waals surface area contributed by atoms with Gasteiger partial charge in [-0.15, -0.1) is 0 Å². The second kappa shape index (κ2) is 8.35. The number of anilines is 1. The summed E-state index contributed by atoms with van der Waals surface area (Å²) in [6.45, 7) is 0.236. The highest BCUT2D eigenvalue weighted by Gasteiger charge is 2.26. The first-order valence-corrected chi connectivity index (χ1v) is 11.0. The Hall–Kier alpha value is -3.46. The Bertz CT molecular complexity index is 1200. The van der Waals surface area contributed by atoms with Crippen LogP contribution in [0.3, 0.4) is 0 Å². The molecule has 1 amide bonds. The van der Waals surface area contributed by atoms with E-state index in [2.05, 4.69) is 15.6 Å². The molecule has 1 aliphatic rings. The molecule has 1 aromatic heterocycles. The number of sulfone groups is 1. The minimum atomic E-state index is -4.05. The molecule has 160 valence electrons. The van der Waals surface area contributed by atoms with Crippen LogP contribution in [-0.2, 0) is 27.6 Å². The number of hydrogen-bond acceptors (Lipinski definition) is 6. The van der Waals surface area contributed by atoms with Crippen molar-refractivity contribution in [2.24, 2.45) is 0 Å². The molecule has 9 heteroatoms. The molecule has 2 aromatic carbocycles. The van der Waals surface area contributed by atoms with Crippen molar-refractivity contribution in [3.05, 3.63) is 77.9 Å². The van der Waals surface area contributed by atoms with Crippen LogP contribution in [0.15, 0.2) is 70.7 Å². The average Bonchev–Trinajstić information content (AvgIpc) is 3.22. The van der Waals surface area contributed by atoms with Gasteiger partial charge in [-0.1, -0.05) is 12.1 Å². The lowest BCUT2D eigenvalue weighted by molar-refractivity contribution is -0.121. The summed E-state index contributed by atoms with van der Waals surface area (Å²) in [6.07, 6.45) is 3.96. The summed E-state index contributed by atoms with van der Waals surface area (Å²) in [5.74, 6) is -0.762. The van der Waals surface area contributed by atoms with Gasteiger partial charge in [-0.25, -0.2) is 12.8 Å². The molecular weight excluding hydrogens is 421 g/mol. The van der Waals surface area contributed by atoms with E-state index < -0.39 is 20.5 Å². The molecule has 0 aliphatic carbocycles. The first kappa shape index (κ1) is 20.8. The first-order chi connectivity index (χ1) is 14.9. The highest BCUT2D eigenvalue weighted by molar-refractivity contribution is 7.91. The third-order valence-electron chi connectivity index (χ3n) is 5.10. The monoisotopic (exact) mass is 441 g/mol. The van der Waals surface area contributed by atoms with E-state index >= 15 is 0 Å². The molecule has 7 nitrogen and oxygen atoms in total. The van der Waals surface area contributed by atoms with Crippen molar-refractivity contribution in [3.8, 4) is 5.75 Å². The molecule has 0 saturated carbocycles. The van der Waals surface area contributed by atoms with Gasteiger partial charge in [0.1, 0.15) is 22.5 Å². The van der Waals surface area contributed by atoms with Gasteiger partial charge in [0, 0.05) is 37.1 Å². The van der Waals surface area contributed by atoms with E-state index in [-0.39, 0.29) is 29.1 Å². The highest BCUT2D eigenvalue weighted by atomic mass is 32.2. The summed E-state index contributed by atoms with van der Waals surface area (Å²) in [6, 6.07) is 11.0. The maximum absolute atomic E-state index is 14.1. The molecule has 1 atom stereocenters. The number of pyridine rings is 1. The molecule has 4 rings (SSSR count). The Morgan fingerprint density at radius 1 is 1.23 bits per heavy atom. The topological polar surface area (TPSA) is 97.4 Å². The molecule has 1 unspecified atom stereocenters. The van der Waals surface area contributed by atoms with Crippen LogP contribution in [-0.4, -0.2) is 32.5 Å². The molecule has 2 heterocycles. The van der Waals surface area contributed by atoms with Crippen molar-refractivity contribution in [3.63, 3.8) is 0 Å². The normalized spacial score (nSPS) is 15.1. The second-order valence-electron chi connectivity index (χ2n) is 7.10. The number of nitrogens with one attached hydrogen (secondary N) is 2. The Morgan fingerprint density at radius 2 is 2.00 bits per heavy atom. The third kappa shape index (κ3) is 4.22. The van der Waals surface area contributed by atoms with Crippen LogP contribution in [0, 0.1) is 5.82 Å². The molecule has 0 bridgehead atoms. The van der Waals surface area contributed by atoms with Gasteiger partial charge in [0.15, 0.2) is 0 Å². The molecular formula is C22H20FN3O4S. The van der Waals surface area contributed by atoms with E-state index in [0.29, 0.717) is 6.42 Å². The molecule has 0 radical (unpaired) electrons. The Morgan fingerprint density at radius 3 is 2.71 bits per heavy atom. The molecule has 31 heavy (non-hydrogen) atoms. The molecule has 0 saturated heterocycles. The quantitative estimate of drug-likeness (QED) is 0.611. The number of nitrogens with zero attached hydrogens (tertiary/aromatic N) is 1. The minimum absolute atomic E-state index is 0.0462. The summed E-state index contributed by atoms with van der Waals surface area (Å²) in [5, 5.41) is 6.00. The zero-order chi connectivity index (χ0) is 22.0.